The third-order valence-corrected chi connectivity index (χ3v) is 4.76. The maximum atomic E-state index is 12.0. The third-order valence-electron chi connectivity index (χ3n) is 4.23. The van der Waals surface area contributed by atoms with Gasteiger partial charge in [0, 0.05) is 17.3 Å². The van der Waals surface area contributed by atoms with E-state index in [9.17, 15) is 9.59 Å². The minimum Gasteiger partial charge on any atom is -0.299 e. The summed E-state index contributed by atoms with van der Waals surface area (Å²) in [7, 11) is 0. The van der Waals surface area contributed by atoms with E-state index in [2.05, 4.69) is 28.1 Å². The van der Waals surface area contributed by atoms with Gasteiger partial charge in [-0.15, -0.1) is 0 Å². The molecule has 0 aliphatic carbocycles. The van der Waals surface area contributed by atoms with Gasteiger partial charge in [0.15, 0.2) is 0 Å². The van der Waals surface area contributed by atoms with Crippen molar-refractivity contribution in [2.45, 2.75) is 33.1 Å². The Bertz CT molecular complexity index is 727. The summed E-state index contributed by atoms with van der Waals surface area (Å²) in [5, 5.41) is 0. The van der Waals surface area contributed by atoms with Crippen LogP contribution in [0.1, 0.15) is 43.4 Å². The first-order valence-corrected chi connectivity index (χ1v) is 9.40. The van der Waals surface area contributed by atoms with E-state index in [1.54, 1.807) is 0 Å². The minimum atomic E-state index is -0.501. The van der Waals surface area contributed by atoms with Gasteiger partial charge in [0.25, 0.3) is 0 Å². The van der Waals surface area contributed by atoms with Crippen LogP contribution in [0.3, 0.4) is 0 Å². The van der Waals surface area contributed by atoms with Crippen molar-refractivity contribution in [2.75, 3.05) is 0 Å². The maximum Gasteiger partial charge on any atom is 0.143 e. The molecule has 0 amide bonds. The number of Topliss-reactive ketones (excluding diaryl/α,β-unsaturated/α-hetero) is 2. The Hall–Kier alpha value is -2.00. The summed E-state index contributed by atoms with van der Waals surface area (Å²) < 4.78 is 1.06. The van der Waals surface area contributed by atoms with Gasteiger partial charge in [-0.05, 0) is 35.2 Å². The van der Waals surface area contributed by atoms with Crippen LogP contribution in [-0.2, 0) is 16.0 Å². The van der Waals surface area contributed by atoms with Gasteiger partial charge in [-0.25, -0.2) is 0 Å². The number of carbonyl (C=O) groups excluding carboxylic acids is 2. The molecule has 2 rings (SSSR count). The number of ketones is 2. The van der Waals surface area contributed by atoms with Crippen LogP contribution in [0.25, 0.3) is 12.2 Å². The highest BCUT2D eigenvalue weighted by Gasteiger charge is 2.23. The first-order valence-electron chi connectivity index (χ1n) is 8.61. The van der Waals surface area contributed by atoms with E-state index in [0.29, 0.717) is 19.3 Å². The van der Waals surface area contributed by atoms with Gasteiger partial charge < -0.3 is 0 Å². The predicted molar refractivity (Wildman–Crippen MR) is 107 cm³/mol. The van der Waals surface area contributed by atoms with Gasteiger partial charge in [0.05, 0.1) is 5.92 Å². The molecule has 0 bridgehead atoms. The highest BCUT2D eigenvalue weighted by atomic mass is 79.9. The molecule has 0 unspecified atom stereocenters. The quantitative estimate of drug-likeness (QED) is 0.419. The fourth-order valence-electron chi connectivity index (χ4n) is 2.67. The molecule has 0 saturated carbocycles. The lowest BCUT2D eigenvalue weighted by molar-refractivity contribution is -0.132. The van der Waals surface area contributed by atoms with Crippen molar-refractivity contribution < 1.29 is 9.59 Å². The summed E-state index contributed by atoms with van der Waals surface area (Å²) in [6.07, 6.45) is 5.43. The molecule has 2 aromatic rings. The second-order valence-corrected chi connectivity index (χ2v) is 6.94. The monoisotopic (exact) mass is 398 g/mol. The van der Waals surface area contributed by atoms with Gasteiger partial charge >= 0.3 is 0 Å². The van der Waals surface area contributed by atoms with Crippen molar-refractivity contribution in [1.82, 2.24) is 0 Å². The normalized spacial score (nSPS) is 11.2. The summed E-state index contributed by atoms with van der Waals surface area (Å²) in [4.78, 5) is 24.1. The Morgan fingerprint density at radius 1 is 0.840 bits per heavy atom. The molecule has 0 aromatic heterocycles. The number of benzene rings is 2. The van der Waals surface area contributed by atoms with Crippen LogP contribution < -0.4 is 0 Å². The van der Waals surface area contributed by atoms with Crippen molar-refractivity contribution in [3.63, 3.8) is 0 Å². The Kier molecular flexibility index (Phi) is 7.32. The average molecular weight is 399 g/mol. The fourth-order valence-corrected chi connectivity index (χ4v) is 2.93. The summed E-state index contributed by atoms with van der Waals surface area (Å²) in [5.74, 6) is -0.434. The molecule has 2 aromatic carbocycles. The molecule has 0 atom stereocenters. The molecule has 0 aliphatic rings. The summed E-state index contributed by atoms with van der Waals surface area (Å²) in [5.41, 5.74) is 3.25. The molecule has 0 spiro atoms. The van der Waals surface area contributed by atoms with E-state index >= 15 is 0 Å². The highest BCUT2D eigenvalue weighted by molar-refractivity contribution is 9.10. The van der Waals surface area contributed by atoms with Crippen molar-refractivity contribution in [3.8, 4) is 0 Å². The first-order chi connectivity index (χ1) is 12.0. The summed E-state index contributed by atoms with van der Waals surface area (Å²) >= 11 is 3.43. The smallest absolute Gasteiger partial charge is 0.143 e. The Labute approximate surface area is 158 Å². The van der Waals surface area contributed by atoms with E-state index in [-0.39, 0.29) is 11.6 Å². The molecular formula is C22H23BrO2. The Morgan fingerprint density at radius 3 is 1.72 bits per heavy atom. The fraction of sp³-hybridized carbons (Fsp3) is 0.273. The zero-order valence-corrected chi connectivity index (χ0v) is 16.3. The van der Waals surface area contributed by atoms with Crippen LogP contribution in [0.4, 0.5) is 0 Å². The van der Waals surface area contributed by atoms with E-state index in [0.717, 1.165) is 21.2 Å². The molecule has 0 aliphatic heterocycles. The van der Waals surface area contributed by atoms with Crippen LogP contribution in [0, 0.1) is 5.92 Å². The Balaban J connectivity index is 2.06. The van der Waals surface area contributed by atoms with Crippen LogP contribution in [0.5, 0.6) is 0 Å². The van der Waals surface area contributed by atoms with Gasteiger partial charge in [0.1, 0.15) is 11.6 Å². The maximum absolute atomic E-state index is 12.0. The van der Waals surface area contributed by atoms with Crippen molar-refractivity contribution >= 4 is 39.6 Å². The highest BCUT2D eigenvalue weighted by Crippen LogP contribution is 2.17. The lowest BCUT2D eigenvalue weighted by Gasteiger charge is -2.13. The van der Waals surface area contributed by atoms with E-state index in [1.165, 1.54) is 0 Å². The van der Waals surface area contributed by atoms with Crippen molar-refractivity contribution in [3.05, 3.63) is 69.7 Å². The van der Waals surface area contributed by atoms with E-state index < -0.39 is 5.92 Å². The Morgan fingerprint density at radius 2 is 1.28 bits per heavy atom. The van der Waals surface area contributed by atoms with Gasteiger partial charge in [-0.2, -0.15) is 0 Å². The van der Waals surface area contributed by atoms with Crippen molar-refractivity contribution in [1.29, 1.82) is 0 Å². The van der Waals surface area contributed by atoms with Gasteiger partial charge in [-0.1, -0.05) is 78.3 Å². The molecule has 25 heavy (non-hydrogen) atoms. The molecule has 0 radical (unpaired) electrons. The number of halogens is 1. The topological polar surface area (TPSA) is 34.1 Å². The standard InChI is InChI=1S/C22H23BrO2/c1-3-21(24)20(22(25)4-2)15-18-9-7-16(8-10-18)5-6-17-11-13-19(23)14-12-17/h5-14,20H,3-4,15H2,1-2H3. The molecule has 0 heterocycles. The first kappa shape index (κ1) is 19.3. The summed E-state index contributed by atoms with van der Waals surface area (Å²) in [6, 6.07) is 16.2. The minimum absolute atomic E-state index is 0.0334. The van der Waals surface area contributed by atoms with Gasteiger partial charge in [-0.3, -0.25) is 9.59 Å². The summed E-state index contributed by atoms with van der Waals surface area (Å²) in [6.45, 7) is 3.63. The molecule has 0 N–H and O–H groups in total. The lowest BCUT2D eigenvalue weighted by Crippen LogP contribution is -2.25. The van der Waals surface area contributed by atoms with Crippen LogP contribution in [-0.4, -0.2) is 11.6 Å². The third kappa shape index (κ3) is 5.79. The molecular weight excluding hydrogens is 376 g/mol. The molecule has 3 heteroatoms. The van der Waals surface area contributed by atoms with E-state index in [1.807, 2.05) is 62.4 Å². The van der Waals surface area contributed by atoms with Crippen molar-refractivity contribution in [2.24, 2.45) is 5.92 Å². The lowest BCUT2D eigenvalue weighted by atomic mass is 9.89. The molecule has 2 nitrogen and oxygen atoms in total. The number of rotatable bonds is 8. The SMILES string of the molecule is CCC(=O)C(Cc1ccc(C=Cc2ccc(Br)cc2)cc1)C(=O)CC. The zero-order chi connectivity index (χ0) is 18.2. The van der Waals surface area contributed by atoms with Crippen LogP contribution in [0.2, 0.25) is 0 Å². The molecule has 0 saturated heterocycles. The number of carbonyl (C=O) groups is 2. The second kappa shape index (κ2) is 9.47. The molecule has 130 valence electrons. The molecule has 0 fully saturated rings. The van der Waals surface area contributed by atoms with Crippen LogP contribution >= 0.6 is 15.9 Å². The van der Waals surface area contributed by atoms with Crippen LogP contribution in [0.15, 0.2) is 53.0 Å². The predicted octanol–water partition coefficient (Wildman–Crippen LogP) is 5.74. The number of hydrogen-bond donors (Lipinski definition) is 0. The van der Waals surface area contributed by atoms with Gasteiger partial charge in [0.2, 0.25) is 0 Å². The number of hydrogen-bond acceptors (Lipinski definition) is 2. The largest absolute Gasteiger partial charge is 0.299 e. The second-order valence-electron chi connectivity index (χ2n) is 6.02. The van der Waals surface area contributed by atoms with E-state index in [4.69, 9.17) is 0 Å². The average Bonchev–Trinajstić information content (AvgIpc) is 2.65. The zero-order valence-electron chi connectivity index (χ0n) is 14.7.